The summed E-state index contributed by atoms with van der Waals surface area (Å²) in [5.74, 6) is -0.232. The molecule has 7 heteroatoms. The van der Waals surface area contributed by atoms with Crippen molar-refractivity contribution in [3.05, 3.63) is 45.9 Å². The van der Waals surface area contributed by atoms with Crippen molar-refractivity contribution in [2.45, 2.75) is 26.3 Å². The lowest BCUT2D eigenvalue weighted by molar-refractivity contribution is 0.0941. The van der Waals surface area contributed by atoms with Crippen LogP contribution in [0.1, 0.15) is 35.2 Å². The van der Waals surface area contributed by atoms with Crippen LogP contribution in [0, 0.1) is 0 Å². The number of hydrogen-bond acceptors (Lipinski definition) is 4. The number of rotatable bonds is 5. The van der Waals surface area contributed by atoms with Crippen LogP contribution in [0.15, 0.2) is 23.3 Å². The zero-order chi connectivity index (χ0) is 14.5. The van der Waals surface area contributed by atoms with E-state index in [-0.39, 0.29) is 18.0 Å². The van der Waals surface area contributed by atoms with E-state index in [1.54, 1.807) is 17.8 Å². The number of carbonyl (C=O) groups is 1. The predicted molar refractivity (Wildman–Crippen MR) is 73.2 cm³/mol. The molecule has 0 bridgehead atoms. The number of aryl methyl sites for hydroxylation is 2. The van der Waals surface area contributed by atoms with Crippen molar-refractivity contribution in [3.63, 3.8) is 0 Å². The van der Waals surface area contributed by atoms with Crippen molar-refractivity contribution in [2.75, 3.05) is 0 Å². The Kier molecular flexibility index (Phi) is 4.29. The summed E-state index contributed by atoms with van der Waals surface area (Å²) in [4.78, 5) is 29.6. The lowest BCUT2D eigenvalue weighted by Crippen LogP contribution is -2.26. The zero-order valence-electron chi connectivity index (χ0n) is 11.5. The summed E-state index contributed by atoms with van der Waals surface area (Å²) in [5.41, 5.74) is 1.67. The molecule has 0 aromatic carbocycles. The summed E-state index contributed by atoms with van der Waals surface area (Å²) in [6.07, 6.45) is 3.14. The number of amides is 1. The topological polar surface area (TPSA) is 92.7 Å². The number of aromatic amines is 1. The van der Waals surface area contributed by atoms with E-state index in [0.717, 1.165) is 18.5 Å². The SMILES string of the molecule is CCCc1cc(C(=O)NCc2cc(=O)[nH]cn2)n(C)n1. The third kappa shape index (κ3) is 3.31. The second-order valence-electron chi connectivity index (χ2n) is 4.48. The molecule has 0 saturated heterocycles. The molecular weight excluding hydrogens is 258 g/mol. The molecule has 2 aromatic heterocycles. The van der Waals surface area contributed by atoms with E-state index in [2.05, 4.69) is 27.3 Å². The highest BCUT2D eigenvalue weighted by atomic mass is 16.2. The van der Waals surface area contributed by atoms with Gasteiger partial charge in [0.1, 0.15) is 5.69 Å². The van der Waals surface area contributed by atoms with Crippen LogP contribution < -0.4 is 10.9 Å². The average Bonchev–Trinajstić information content (AvgIpc) is 2.78. The molecule has 0 fully saturated rings. The van der Waals surface area contributed by atoms with Crippen molar-refractivity contribution < 1.29 is 4.79 Å². The third-order valence-corrected chi connectivity index (χ3v) is 2.83. The minimum absolute atomic E-state index is 0.205. The second-order valence-corrected chi connectivity index (χ2v) is 4.48. The molecule has 0 aliphatic rings. The number of carbonyl (C=O) groups excluding carboxylic acids is 1. The summed E-state index contributed by atoms with van der Waals surface area (Å²) < 4.78 is 1.56. The van der Waals surface area contributed by atoms with Crippen LogP contribution in [0.25, 0.3) is 0 Å². The predicted octanol–water partition coefficient (Wildman–Crippen LogP) is 0.386. The van der Waals surface area contributed by atoms with Gasteiger partial charge in [-0.1, -0.05) is 13.3 Å². The molecule has 0 atom stereocenters. The first-order valence-electron chi connectivity index (χ1n) is 6.45. The van der Waals surface area contributed by atoms with Gasteiger partial charge in [-0.15, -0.1) is 0 Å². The van der Waals surface area contributed by atoms with E-state index in [0.29, 0.717) is 11.4 Å². The van der Waals surface area contributed by atoms with Gasteiger partial charge in [-0.25, -0.2) is 4.98 Å². The minimum Gasteiger partial charge on any atom is -0.345 e. The molecular formula is C13H17N5O2. The van der Waals surface area contributed by atoms with Crippen molar-refractivity contribution >= 4 is 5.91 Å². The summed E-state index contributed by atoms with van der Waals surface area (Å²) in [5, 5.41) is 7.00. The Hall–Kier alpha value is -2.44. The van der Waals surface area contributed by atoms with Crippen molar-refractivity contribution in [1.29, 1.82) is 0 Å². The maximum Gasteiger partial charge on any atom is 0.269 e. The van der Waals surface area contributed by atoms with Crippen molar-refractivity contribution in [1.82, 2.24) is 25.1 Å². The highest BCUT2D eigenvalue weighted by Crippen LogP contribution is 2.05. The van der Waals surface area contributed by atoms with Gasteiger partial charge in [0.25, 0.3) is 11.5 Å². The van der Waals surface area contributed by atoms with E-state index in [9.17, 15) is 9.59 Å². The Bertz CT molecular complexity index is 659. The Balaban J connectivity index is 2.03. The molecule has 2 rings (SSSR count). The van der Waals surface area contributed by atoms with E-state index >= 15 is 0 Å². The largest absolute Gasteiger partial charge is 0.345 e. The Morgan fingerprint density at radius 2 is 2.20 bits per heavy atom. The highest BCUT2D eigenvalue weighted by Gasteiger charge is 2.12. The van der Waals surface area contributed by atoms with Crippen LogP contribution in [0.5, 0.6) is 0 Å². The van der Waals surface area contributed by atoms with Crippen molar-refractivity contribution in [2.24, 2.45) is 7.05 Å². The van der Waals surface area contributed by atoms with E-state index in [4.69, 9.17) is 0 Å². The van der Waals surface area contributed by atoms with E-state index in [1.165, 1.54) is 12.4 Å². The molecule has 0 radical (unpaired) electrons. The molecule has 20 heavy (non-hydrogen) atoms. The van der Waals surface area contributed by atoms with Gasteiger partial charge in [-0.3, -0.25) is 14.3 Å². The standard InChI is InChI=1S/C13H17N5O2/c1-3-4-9-5-11(18(2)17-9)13(20)14-7-10-6-12(19)16-8-15-10/h5-6,8H,3-4,7H2,1-2H3,(H,14,20)(H,15,16,19). The zero-order valence-corrected chi connectivity index (χ0v) is 11.5. The van der Waals surface area contributed by atoms with Gasteiger partial charge in [-0.2, -0.15) is 5.10 Å². The Morgan fingerprint density at radius 1 is 1.40 bits per heavy atom. The normalized spacial score (nSPS) is 10.5. The van der Waals surface area contributed by atoms with Crippen LogP contribution >= 0.6 is 0 Å². The number of H-pyrrole nitrogens is 1. The molecule has 0 unspecified atom stereocenters. The summed E-state index contributed by atoms with van der Waals surface area (Å²) >= 11 is 0. The molecule has 0 spiro atoms. The minimum atomic E-state index is -0.241. The summed E-state index contributed by atoms with van der Waals surface area (Å²) in [6.45, 7) is 2.27. The van der Waals surface area contributed by atoms with E-state index in [1.807, 2.05) is 0 Å². The van der Waals surface area contributed by atoms with Gasteiger partial charge < -0.3 is 10.3 Å². The number of hydrogen-bond donors (Lipinski definition) is 2. The maximum atomic E-state index is 12.1. The first-order valence-corrected chi connectivity index (χ1v) is 6.45. The first-order chi connectivity index (χ1) is 9.60. The van der Waals surface area contributed by atoms with Gasteiger partial charge >= 0.3 is 0 Å². The van der Waals surface area contributed by atoms with Gasteiger partial charge in [0, 0.05) is 13.1 Å². The van der Waals surface area contributed by atoms with Crippen LogP contribution in [-0.2, 0) is 20.0 Å². The molecule has 0 aliphatic carbocycles. The van der Waals surface area contributed by atoms with Crippen LogP contribution in [0.3, 0.4) is 0 Å². The molecule has 0 saturated carbocycles. The van der Waals surface area contributed by atoms with Gasteiger partial charge in [0.15, 0.2) is 0 Å². The lowest BCUT2D eigenvalue weighted by Gasteiger charge is -2.04. The van der Waals surface area contributed by atoms with E-state index < -0.39 is 0 Å². The number of nitrogens with zero attached hydrogens (tertiary/aromatic N) is 3. The average molecular weight is 275 g/mol. The Morgan fingerprint density at radius 3 is 2.90 bits per heavy atom. The van der Waals surface area contributed by atoms with Gasteiger partial charge in [-0.05, 0) is 12.5 Å². The second kappa shape index (κ2) is 6.14. The molecule has 2 aromatic rings. The first kappa shape index (κ1) is 14.0. The number of nitrogens with one attached hydrogen (secondary N) is 2. The van der Waals surface area contributed by atoms with Crippen LogP contribution in [0.2, 0.25) is 0 Å². The molecule has 0 aliphatic heterocycles. The smallest absolute Gasteiger partial charge is 0.269 e. The Labute approximate surface area is 116 Å². The quantitative estimate of drug-likeness (QED) is 0.825. The molecule has 106 valence electrons. The van der Waals surface area contributed by atoms with Gasteiger partial charge in [0.2, 0.25) is 0 Å². The molecule has 1 amide bonds. The highest BCUT2D eigenvalue weighted by molar-refractivity contribution is 5.92. The fraction of sp³-hybridized carbons (Fsp3) is 0.385. The maximum absolute atomic E-state index is 12.1. The monoisotopic (exact) mass is 275 g/mol. The third-order valence-electron chi connectivity index (χ3n) is 2.83. The molecule has 7 nitrogen and oxygen atoms in total. The molecule has 2 N–H and O–H groups in total. The summed E-state index contributed by atoms with van der Waals surface area (Å²) in [7, 11) is 1.74. The van der Waals surface area contributed by atoms with Crippen molar-refractivity contribution in [3.8, 4) is 0 Å². The summed E-state index contributed by atoms with van der Waals surface area (Å²) in [6, 6.07) is 3.14. The van der Waals surface area contributed by atoms with Gasteiger partial charge in [0.05, 0.1) is 24.3 Å². The number of aromatic nitrogens is 4. The fourth-order valence-corrected chi connectivity index (χ4v) is 1.88. The van der Waals surface area contributed by atoms with Crippen LogP contribution in [-0.4, -0.2) is 25.7 Å². The molecule has 2 heterocycles. The fourth-order valence-electron chi connectivity index (χ4n) is 1.88. The lowest BCUT2D eigenvalue weighted by atomic mass is 10.2. The van der Waals surface area contributed by atoms with Crippen LogP contribution in [0.4, 0.5) is 0 Å².